The van der Waals surface area contributed by atoms with Crippen LogP contribution in [0.2, 0.25) is 0 Å². The molecule has 1 saturated heterocycles. The van der Waals surface area contributed by atoms with Gasteiger partial charge in [-0.3, -0.25) is 9.58 Å². The lowest BCUT2D eigenvalue weighted by molar-refractivity contribution is 0.111. The quantitative estimate of drug-likeness (QED) is 0.706. The predicted octanol–water partition coefficient (Wildman–Crippen LogP) is 0.680. The number of rotatable bonds is 8. The molecule has 21 heavy (non-hydrogen) atoms. The van der Waals surface area contributed by atoms with Gasteiger partial charge in [-0.2, -0.15) is 5.10 Å². The van der Waals surface area contributed by atoms with Gasteiger partial charge in [0.25, 0.3) is 0 Å². The van der Waals surface area contributed by atoms with Gasteiger partial charge in [0.1, 0.15) is 0 Å². The summed E-state index contributed by atoms with van der Waals surface area (Å²) in [4.78, 5) is 4.75. The van der Waals surface area contributed by atoms with Crippen LogP contribution in [0, 0.1) is 0 Å². The molecule has 0 bridgehead atoms. The smallest absolute Gasteiger partial charge is 0.0713 e. The van der Waals surface area contributed by atoms with Crippen LogP contribution in [-0.4, -0.2) is 79.7 Å². The van der Waals surface area contributed by atoms with Crippen molar-refractivity contribution in [3.05, 3.63) is 18.0 Å². The zero-order chi connectivity index (χ0) is 15.2. The van der Waals surface area contributed by atoms with Gasteiger partial charge in [0, 0.05) is 51.7 Å². The number of aromatic nitrogens is 2. The third-order valence-corrected chi connectivity index (χ3v) is 4.17. The minimum atomic E-state index is 0.380. The highest BCUT2D eigenvalue weighted by atomic mass is 16.5. The molecule has 120 valence electrons. The fraction of sp³-hybridized carbons (Fsp3) is 0.800. The second kappa shape index (κ2) is 7.89. The maximum absolute atomic E-state index is 5.47. The van der Waals surface area contributed by atoms with Gasteiger partial charge in [0.2, 0.25) is 0 Å². The molecule has 0 spiro atoms. The first kappa shape index (κ1) is 16.4. The molecular weight excluding hydrogens is 268 g/mol. The number of nitrogens with zero attached hydrogens (tertiary/aromatic N) is 4. The number of hydrogen-bond donors (Lipinski definition) is 0. The Morgan fingerprint density at radius 1 is 1.43 bits per heavy atom. The summed E-state index contributed by atoms with van der Waals surface area (Å²) < 4.78 is 12.5. The molecule has 0 radical (unpaired) electrons. The Hall–Kier alpha value is -0.950. The second-order valence-corrected chi connectivity index (χ2v) is 5.99. The third kappa shape index (κ3) is 4.78. The van der Waals surface area contributed by atoms with Crippen LogP contribution >= 0.6 is 0 Å². The van der Waals surface area contributed by atoms with Crippen molar-refractivity contribution in [3.8, 4) is 0 Å². The average molecular weight is 296 g/mol. The van der Waals surface area contributed by atoms with Gasteiger partial charge in [-0.15, -0.1) is 0 Å². The fourth-order valence-electron chi connectivity index (χ4n) is 2.94. The standard InChI is InChI=1S/C15H28N4O2/c1-17(11-14-7-15(21-4)12-18(14)2)9-13-8-16-19(10-13)5-6-20-3/h8,10,14-15H,5-7,9,11-12H2,1-4H3/t14-,15-/m0/s1. The molecule has 2 heterocycles. The Bertz CT molecular complexity index is 424. The van der Waals surface area contributed by atoms with Crippen LogP contribution in [0.1, 0.15) is 12.0 Å². The summed E-state index contributed by atoms with van der Waals surface area (Å²) in [6, 6.07) is 0.573. The number of hydrogen-bond acceptors (Lipinski definition) is 5. The van der Waals surface area contributed by atoms with Gasteiger partial charge < -0.3 is 14.4 Å². The molecule has 0 saturated carbocycles. The minimum Gasteiger partial charge on any atom is -0.383 e. The molecule has 1 aromatic rings. The van der Waals surface area contributed by atoms with Crippen LogP contribution in [0.3, 0.4) is 0 Å². The van der Waals surface area contributed by atoms with E-state index >= 15 is 0 Å². The zero-order valence-corrected chi connectivity index (χ0v) is 13.7. The highest BCUT2D eigenvalue weighted by molar-refractivity contribution is 5.03. The van der Waals surface area contributed by atoms with E-state index in [9.17, 15) is 0 Å². The molecular formula is C15H28N4O2. The van der Waals surface area contributed by atoms with Crippen molar-refractivity contribution < 1.29 is 9.47 Å². The molecule has 2 atom stereocenters. The summed E-state index contributed by atoms with van der Waals surface area (Å²) in [6.07, 6.45) is 5.55. The van der Waals surface area contributed by atoms with E-state index in [0.29, 0.717) is 18.8 Å². The largest absolute Gasteiger partial charge is 0.383 e. The topological polar surface area (TPSA) is 42.8 Å². The number of likely N-dealkylation sites (tertiary alicyclic amines) is 1. The average Bonchev–Trinajstić information content (AvgIpc) is 3.04. The highest BCUT2D eigenvalue weighted by Gasteiger charge is 2.29. The molecule has 1 aliphatic heterocycles. The van der Waals surface area contributed by atoms with Gasteiger partial charge in [-0.1, -0.05) is 0 Å². The third-order valence-electron chi connectivity index (χ3n) is 4.17. The fourth-order valence-corrected chi connectivity index (χ4v) is 2.94. The Kier molecular flexibility index (Phi) is 6.17. The van der Waals surface area contributed by atoms with Crippen LogP contribution in [-0.2, 0) is 22.6 Å². The van der Waals surface area contributed by atoms with Crippen molar-refractivity contribution in [1.82, 2.24) is 19.6 Å². The Labute approximate surface area is 127 Å². The minimum absolute atomic E-state index is 0.380. The monoisotopic (exact) mass is 296 g/mol. The van der Waals surface area contributed by atoms with E-state index in [1.807, 2.05) is 10.9 Å². The lowest BCUT2D eigenvalue weighted by atomic mass is 10.2. The van der Waals surface area contributed by atoms with Crippen LogP contribution in [0.5, 0.6) is 0 Å². The molecule has 2 rings (SSSR count). The molecule has 1 aliphatic rings. The van der Waals surface area contributed by atoms with Crippen molar-refractivity contribution in [2.75, 3.05) is 48.0 Å². The lowest BCUT2D eigenvalue weighted by Gasteiger charge is -2.25. The number of likely N-dealkylation sites (N-methyl/N-ethyl adjacent to an activating group) is 2. The lowest BCUT2D eigenvalue weighted by Crippen LogP contribution is -2.36. The first-order valence-corrected chi connectivity index (χ1v) is 7.54. The van der Waals surface area contributed by atoms with E-state index in [1.165, 1.54) is 5.56 Å². The maximum atomic E-state index is 5.47. The highest BCUT2D eigenvalue weighted by Crippen LogP contribution is 2.19. The maximum Gasteiger partial charge on any atom is 0.0713 e. The summed E-state index contributed by atoms with van der Waals surface area (Å²) >= 11 is 0. The van der Waals surface area contributed by atoms with Crippen LogP contribution in [0.15, 0.2) is 12.4 Å². The molecule has 1 fully saturated rings. The summed E-state index contributed by atoms with van der Waals surface area (Å²) in [5.74, 6) is 0. The van der Waals surface area contributed by atoms with E-state index in [2.05, 4.69) is 35.2 Å². The summed E-state index contributed by atoms with van der Waals surface area (Å²) in [6.45, 7) is 4.52. The first-order chi connectivity index (χ1) is 10.1. The molecule has 0 N–H and O–H groups in total. The van der Waals surface area contributed by atoms with E-state index in [1.54, 1.807) is 14.2 Å². The zero-order valence-electron chi connectivity index (χ0n) is 13.7. The van der Waals surface area contributed by atoms with Crippen LogP contribution in [0.25, 0.3) is 0 Å². The van der Waals surface area contributed by atoms with Gasteiger partial charge in [-0.05, 0) is 20.5 Å². The predicted molar refractivity (Wildman–Crippen MR) is 82.3 cm³/mol. The van der Waals surface area contributed by atoms with Gasteiger partial charge in [0.05, 0.1) is 25.5 Å². The Morgan fingerprint density at radius 2 is 2.24 bits per heavy atom. The summed E-state index contributed by atoms with van der Waals surface area (Å²) in [5.41, 5.74) is 1.25. The van der Waals surface area contributed by atoms with Gasteiger partial charge in [0.15, 0.2) is 0 Å². The van der Waals surface area contributed by atoms with E-state index in [0.717, 1.165) is 32.6 Å². The molecule has 0 amide bonds. The van der Waals surface area contributed by atoms with Gasteiger partial charge >= 0.3 is 0 Å². The number of ether oxygens (including phenoxy) is 2. The SMILES string of the molecule is COCCn1cc(CN(C)C[C@@H]2C[C@H](OC)CN2C)cn1. The van der Waals surface area contributed by atoms with Crippen molar-refractivity contribution in [3.63, 3.8) is 0 Å². The van der Waals surface area contributed by atoms with Crippen molar-refractivity contribution >= 4 is 0 Å². The normalized spacial score (nSPS) is 23.3. The summed E-state index contributed by atoms with van der Waals surface area (Å²) in [5, 5.41) is 4.36. The first-order valence-electron chi connectivity index (χ1n) is 7.54. The molecule has 6 heteroatoms. The molecule has 0 aromatic carbocycles. The van der Waals surface area contributed by atoms with Crippen molar-refractivity contribution in [2.24, 2.45) is 0 Å². The summed E-state index contributed by atoms with van der Waals surface area (Å²) in [7, 11) is 7.86. The van der Waals surface area contributed by atoms with Crippen molar-refractivity contribution in [2.45, 2.75) is 31.7 Å². The van der Waals surface area contributed by atoms with E-state index < -0.39 is 0 Å². The Balaban J connectivity index is 1.79. The van der Waals surface area contributed by atoms with Crippen LogP contribution in [0.4, 0.5) is 0 Å². The molecule has 1 aromatic heterocycles. The molecule has 6 nitrogen and oxygen atoms in total. The Morgan fingerprint density at radius 3 is 2.90 bits per heavy atom. The second-order valence-electron chi connectivity index (χ2n) is 5.99. The number of methoxy groups -OCH3 is 2. The van der Waals surface area contributed by atoms with Gasteiger partial charge in [-0.25, -0.2) is 0 Å². The van der Waals surface area contributed by atoms with Crippen LogP contribution < -0.4 is 0 Å². The van der Waals surface area contributed by atoms with E-state index in [-0.39, 0.29) is 0 Å². The molecule has 0 unspecified atom stereocenters. The molecule has 0 aliphatic carbocycles. The van der Waals surface area contributed by atoms with E-state index in [4.69, 9.17) is 9.47 Å². The van der Waals surface area contributed by atoms with Crippen molar-refractivity contribution in [1.29, 1.82) is 0 Å².